The molecule has 0 aliphatic carbocycles. The van der Waals surface area contributed by atoms with Crippen LogP contribution in [0.4, 0.5) is 0 Å². The molecular weight excluding hydrogens is 407 g/mol. The summed E-state index contributed by atoms with van der Waals surface area (Å²) < 4.78 is 9.90. The van der Waals surface area contributed by atoms with E-state index in [0.717, 1.165) is 49.0 Å². The van der Waals surface area contributed by atoms with Crippen LogP contribution in [0.25, 0.3) is 28.1 Å². The number of ether oxygens (including phenoxy) is 1. The van der Waals surface area contributed by atoms with Crippen LogP contribution in [-0.2, 0) is 6.54 Å². The van der Waals surface area contributed by atoms with Gasteiger partial charge in [0.1, 0.15) is 5.75 Å². The van der Waals surface area contributed by atoms with Crippen molar-refractivity contribution in [1.82, 2.24) is 18.9 Å². The molecule has 0 spiro atoms. The summed E-state index contributed by atoms with van der Waals surface area (Å²) in [7, 11) is 1.69. The average molecular weight is 435 g/mol. The third-order valence-corrected chi connectivity index (χ3v) is 5.26. The molecule has 7 heteroatoms. The number of hydrogen-bond acceptors (Lipinski definition) is 3. The molecule has 0 N–H and O–H groups in total. The van der Waals surface area contributed by atoms with E-state index in [4.69, 9.17) is 9.72 Å². The highest BCUT2D eigenvalue weighted by Gasteiger charge is 2.15. The minimum absolute atomic E-state index is 0. The van der Waals surface area contributed by atoms with Crippen molar-refractivity contribution in [3.05, 3.63) is 54.7 Å². The highest BCUT2D eigenvalue weighted by Crippen LogP contribution is 2.27. The van der Waals surface area contributed by atoms with Crippen molar-refractivity contribution in [3.8, 4) is 17.0 Å². The lowest BCUT2D eigenvalue weighted by molar-refractivity contribution is 0.293. The summed E-state index contributed by atoms with van der Waals surface area (Å²) in [6.07, 6.45) is 2.13. The fourth-order valence-electron chi connectivity index (χ4n) is 3.67. The van der Waals surface area contributed by atoms with Crippen LogP contribution in [0.15, 0.2) is 54.7 Å². The van der Waals surface area contributed by atoms with Crippen molar-refractivity contribution in [2.75, 3.05) is 26.7 Å². The Morgan fingerprint density at radius 2 is 1.69 bits per heavy atom. The largest absolute Gasteiger partial charge is 0.497 e. The Balaban J connectivity index is 0.00000150. The van der Waals surface area contributed by atoms with Gasteiger partial charge in [0.15, 0.2) is 0 Å². The summed E-state index contributed by atoms with van der Waals surface area (Å²) in [5.74, 6) is 1.83. The smallest absolute Gasteiger partial charge is 0.215 e. The molecule has 0 aliphatic heterocycles. The summed E-state index contributed by atoms with van der Waals surface area (Å²) in [4.78, 5) is 7.42. The number of nitrogens with zero attached hydrogens (tertiary/aromatic N) is 4. The Kier molecular flexibility index (Phi) is 7.96. The highest BCUT2D eigenvalue weighted by atomic mass is 35.5. The quantitative estimate of drug-likeness (QED) is 0.403. The molecule has 0 unspecified atom stereocenters. The molecule has 4 aromatic rings. The lowest BCUT2D eigenvalue weighted by atomic mass is 10.1. The maximum atomic E-state index is 5.37. The third kappa shape index (κ3) is 4.37. The second-order valence-corrected chi connectivity index (χ2v) is 6.70. The van der Waals surface area contributed by atoms with E-state index in [1.165, 1.54) is 11.0 Å². The van der Waals surface area contributed by atoms with E-state index in [2.05, 4.69) is 64.2 Å². The Labute approximate surface area is 184 Å². The predicted molar refractivity (Wildman–Crippen MR) is 125 cm³/mol. The summed E-state index contributed by atoms with van der Waals surface area (Å²) >= 11 is 0. The first kappa shape index (κ1) is 23.1. The number of benzene rings is 2. The maximum absolute atomic E-state index is 5.37. The molecule has 5 nitrogen and oxygen atoms in total. The van der Waals surface area contributed by atoms with Crippen LogP contribution in [0.1, 0.15) is 13.8 Å². The van der Waals surface area contributed by atoms with Crippen molar-refractivity contribution in [2.24, 2.45) is 0 Å². The Bertz CT molecular complexity index is 1070. The number of methoxy groups -OCH3 is 1. The van der Waals surface area contributed by atoms with Gasteiger partial charge in [-0.3, -0.25) is 4.40 Å². The molecule has 0 amide bonds. The van der Waals surface area contributed by atoms with Crippen LogP contribution in [0, 0.1) is 0 Å². The molecule has 4 rings (SSSR count). The molecule has 2 heterocycles. The van der Waals surface area contributed by atoms with Crippen LogP contribution in [0.2, 0.25) is 0 Å². The van der Waals surface area contributed by atoms with E-state index in [-0.39, 0.29) is 24.8 Å². The number of imidazole rings is 2. The Morgan fingerprint density at radius 1 is 0.966 bits per heavy atom. The number of hydrogen-bond donors (Lipinski definition) is 0. The zero-order chi connectivity index (χ0) is 18.8. The lowest BCUT2D eigenvalue weighted by Crippen LogP contribution is -2.27. The zero-order valence-corrected chi connectivity index (χ0v) is 18.7. The van der Waals surface area contributed by atoms with Gasteiger partial charge in [-0.15, -0.1) is 24.8 Å². The minimum atomic E-state index is 0. The van der Waals surface area contributed by atoms with Gasteiger partial charge in [-0.1, -0.05) is 38.1 Å². The van der Waals surface area contributed by atoms with Crippen molar-refractivity contribution in [3.63, 3.8) is 0 Å². The number of fused-ring (bicyclic) bond motifs is 3. The van der Waals surface area contributed by atoms with Crippen LogP contribution in [-0.4, -0.2) is 45.6 Å². The second kappa shape index (κ2) is 10.0. The standard InChI is InChI=1S/C22H26N4O.2ClH/c1-4-24(5-2)13-14-25-20-11-6-7-12-21(20)26-16-19(23-22(25)26)17-9-8-10-18(15-17)27-3;;/h6-12,15-16H,4-5,13-14H2,1-3H3;2*1H. The van der Waals surface area contributed by atoms with Crippen molar-refractivity contribution < 1.29 is 4.74 Å². The van der Waals surface area contributed by atoms with Crippen molar-refractivity contribution in [2.45, 2.75) is 20.4 Å². The molecule has 2 aromatic carbocycles. The van der Waals surface area contributed by atoms with Crippen LogP contribution in [0.3, 0.4) is 0 Å². The monoisotopic (exact) mass is 434 g/mol. The molecule has 0 saturated carbocycles. The van der Waals surface area contributed by atoms with Gasteiger partial charge in [-0.25, -0.2) is 4.98 Å². The van der Waals surface area contributed by atoms with Gasteiger partial charge < -0.3 is 14.2 Å². The van der Waals surface area contributed by atoms with Gasteiger partial charge in [0.2, 0.25) is 5.78 Å². The summed E-state index contributed by atoms with van der Waals surface area (Å²) in [6.45, 7) is 8.49. The van der Waals surface area contributed by atoms with Gasteiger partial charge in [0, 0.05) is 24.8 Å². The molecule has 0 fully saturated rings. The van der Waals surface area contributed by atoms with Crippen LogP contribution in [0.5, 0.6) is 5.75 Å². The number of halogens is 2. The van der Waals surface area contributed by atoms with Crippen molar-refractivity contribution >= 4 is 41.6 Å². The summed E-state index contributed by atoms with van der Waals surface area (Å²) in [5, 5.41) is 0. The highest BCUT2D eigenvalue weighted by molar-refractivity contribution is 5.85. The fourth-order valence-corrected chi connectivity index (χ4v) is 3.67. The van der Waals surface area contributed by atoms with E-state index < -0.39 is 0 Å². The molecule has 29 heavy (non-hydrogen) atoms. The lowest BCUT2D eigenvalue weighted by Gasteiger charge is -2.18. The van der Waals surface area contributed by atoms with E-state index in [1.54, 1.807) is 7.11 Å². The first-order valence-electron chi connectivity index (χ1n) is 9.58. The SMILES string of the molecule is CCN(CC)CCn1c2ccccc2n2cc(-c3cccc(OC)c3)nc12.Cl.Cl. The van der Waals surface area contributed by atoms with Gasteiger partial charge in [0.25, 0.3) is 0 Å². The topological polar surface area (TPSA) is 34.7 Å². The number of rotatable bonds is 7. The minimum Gasteiger partial charge on any atom is -0.497 e. The molecule has 0 radical (unpaired) electrons. The Morgan fingerprint density at radius 3 is 2.38 bits per heavy atom. The van der Waals surface area contributed by atoms with E-state index in [0.29, 0.717) is 0 Å². The van der Waals surface area contributed by atoms with Crippen LogP contribution < -0.4 is 4.74 Å². The van der Waals surface area contributed by atoms with Gasteiger partial charge >= 0.3 is 0 Å². The normalized spacial score (nSPS) is 10.9. The van der Waals surface area contributed by atoms with Gasteiger partial charge in [0.05, 0.1) is 23.8 Å². The van der Waals surface area contributed by atoms with E-state index in [9.17, 15) is 0 Å². The number of para-hydroxylation sites is 2. The van der Waals surface area contributed by atoms with E-state index >= 15 is 0 Å². The third-order valence-electron chi connectivity index (χ3n) is 5.26. The predicted octanol–water partition coefficient (Wildman–Crippen LogP) is 5.15. The first-order valence-corrected chi connectivity index (χ1v) is 9.58. The second-order valence-electron chi connectivity index (χ2n) is 6.70. The molecule has 0 saturated heterocycles. The summed E-state index contributed by atoms with van der Waals surface area (Å²) in [5.41, 5.74) is 4.45. The first-order chi connectivity index (χ1) is 13.2. The maximum Gasteiger partial charge on any atom is 0.215 e. The molecule has 2 aromatic heterocycles. The Hall–Kier alpha value is -2.21. The summed E-state index contributed by atoms with van der Waals surface area (Å²) in [6, 6.07) is 16.6. The number of aromatic nitrogens is 3. The molecule has 0 bridgehead atoms. The molecule has 0 aliphatic rings. The molecular formula is C22H28Cl2N4O. The van der Waals surface area contributed by atoms with Crippen molar-refractivity contribution in [1.29, 1.82) is 0 Å². The molecule has 156 valence electrons. The van der Waals surface area contributed by atoms with Gasteiger partial charge in [-0.2, -0.15) is 0 Å². The van der Waals surface area contributed by atoms with Crippen LogP contribution >= 0.6 is 24.8 Å². The molecule has 0 atom stereocenters. The zero-order valence-electron chi connectivity index (χ0n) is 17.0. The van der Waals surface area contributed by atoms with Gasteiger partial charge in [-0.05, 0) is 37.4 Å². The fraction of sp³-hybridized carbons (Fsp3) is 0.318. The number of likely N-dealkylation sites (N-methyl/N-ethyl adjacent to an activating group) is 1. The van der Waals surface area contributed by atoms with E-state index in [1.807, 2.05) is 18.2 Å². The average Bonchev–Trinajstić information content (AvgIpc) is 3.27.